The molecule has 0 aromatic rings. The van der Waals surface area contributed by atoms with Crippen molar-refractivity contribution in [2.75, 3.05) is 19.8 Å². The van der Waals surface area contributed by atoms with Crippen LogP contribution in [0.4, 0.5) is 0 Å². The molecule has 2 unspecified atom stereocenters. The van der Waals surface area contributed by atoms with Crippen molar-refractivity contribution in [3.63, 3.8) is 0 Å². The van der Waals surface area contributed by atoms with E-state index in [0.29, 0.717) is 12.5 Å². The van der Waals surface area contributed by atoms with Crippen LogP contribution in [0.1, 0.15) is 48.5 Å². The van der Waals surface area contributed by atoms with Gasteiger partial charge in [0, 0.05) is 18.7 Å². The van der Waals surface area contributed by atoms with Crippen LogP contribution in [0.5, 0.6) is 0 Å². The Labute approximate surface area is 107 Å². The molecule has 17 heavy (non-hydrogen) atoms. The topological polar surface area (TPSA) is 30.5 Å². The predicted octanol–water partition coefficient (Wildman–Crippen LogP) is 2.84. The van der Waals surface area contributed by atoms with Gasteiger partial charge in [0.15, 0.2) is 0 Å². The molecule has 0 radical (unpaired) electrons. The Morgan fingerprint density at radius 1 is 1.12 bits per heavy atom. The summed E-state index contributed by atoms with van der Waals surface area (Å²) in [5.74, 6) is 0.508. The molecule has 0 amide bonds. The van der Waals surface area contributed by atoms with Crippen molar-refractivity contribution in [1.82, 2.24) is 5.32 Å². The summed E-state index contributed by atoms with van der Waals surface area (Å²) >= 11 is 0. The molecule has 0 fully saturated rings. The highest BCUT2D eigenvalue weighted by Gasteiger charge is 2.19. The van der Waals surface area contributed by atoms with Gasteiger partial charge in [-0.05, 0) is 40.5 Å². The van der Waals surface area contributed by atoms with Crippen molar-refractivity contribution in [3.8, 4) is 0 Å². The maximum absolute atomic E-state index is 6.02. The van der Waals surface area contributed by atoms with E-state index in [0.717, 1.165) is 13.2 Å². The van der Waals surface area contributed by atoms with Gasteiger partial charge in [0.05, 0.1) is 18.8 Å². The third-order valence-electron chi connectivity index (χ3n) is 2.54. The van der Waals surface area contributed by atoms with E-state index < -0.39 is 0 Å². The molecule has 0 aliphatic carbocycles. The number of hydrogen-bond acceptors (Lipinski definition) is 3. The molecule has 0 rings (SSSR count). The number of hydrogen-bond donors (Lipinski definition) is 1. The maximum Gasteiger partial charge on any atom is 0.0784 e. The molecule has 3 nitrogen and oxygen atoms in total. The summed E-state index contributed by atoms with van der Waals surface area (Å²) in [4.78, 5) is 0. The zero-order chi connectivity index (χ0) is 13.5. The number of ether oxygens (including phenoxy) is 2. The first-order chi connectivity index (χ1) is 7.76. The van der Waals surface area contributed by atoms with Gasteiger partial charge < -0.3 is 14.8 Å². The molecule has 2 atom stereocenters. The average Bonchev–Trinajstić information content (AvgIpc) is 2.19. The molecule has 0 spiro atoms. The first kappa shape index (κ1) is 16.9. The Hall–Kier alpha value is -0.120. The lowest BCUT2D eigenvalue weighted by atomic mass is 10.0. The van der Waals surface area contributed by atoms with E-state index >= 15 is 0 Å². The summed E-state index contributed by atoms with van der Waals surface area (Å²) in [7, 11) is 0. The molecule has 0 saturated heterocycles. The minimum atomic E-state index is 0.139. The molecule has 0 aromatic carbocycles. The second kappa shape index (κ2) is 8.06. The second-order valence-electron chi connectivity index (χ2n) is 6.02. The monoisotopic (exact) mass is 245 g/mol. The Kier molecular flexibility index (Phi) is 8.01. The summed E-state index contributed by atoms with van der Waals surface area (Å²) in [5, 5.41) is 3.50. The van der Waals surface area contributed by atoms with Crippen LogP contribution in [-0.2, 0) is 9.47 Å². The van der Waals surface area contributed by atoms with Crippen LogP contribution in [-0.4, -0.2) is 37.5 Å². The summed E-state index contributed by atoms with van der Waals surface area (Å²) in [6.45, 7) is 17.3. The van der Waals surface area contributed by atoms with Crippen molar-refractivity contribution in [1.29, 1.82) is 0 Å². The van der Waals surface area contributed by atoms with E-state index in [9.17, 15) is 0 Å². The number of nitrogens with one attached hydrogen (secondary N) is 1. The van der Waals surface area contributed by atoms with Crippen LogP contribution < -0.4 is 5.32 Å². The fourth-order valence-corrected chi connectivity index (χ4v) is 1.47. The van der Waals surface area contributed by atoms with Crippen molar-refractivity contribution in [3.05, 3.63) is 0 Å². The molecule has 104 valence electrons. The van der Waals surface area contributed by atoms with E-state index in [1.807, 2.05) is 6.92 Å². The minimum absolute atomic E-state index is 0.139. The van der Waals surface area contributed by atoms with E-state index in [4.69, 9.17) is 9.47 Å². The molecule has 0 aliphatic heterocycles. The van der Waals surface area contributed by atoms with Gasteiger partial charge in [-0.15, -0.1) is 0 Å². The van der Waals surface area contributed by atoms with Crippen LogP contribution in [0.25, 0.3) is 0 Å². The van der Waals surface area contributed by atoms with Crippen molar-refractivity contribution < 1.29 is 9.47 Å². The standard InChI is InChI=1S/C14H31NO2/c1-8-16-10-12(4)17-13(11(2)3)9-15-14(5,6)7/h11-13,15H,8-10H2,1-7H3. The summed E-state index contributed by atoms with van der Waals surface area (Å²) in [5.41, 5.74) is 0.139. The highest BCUT2D eigenvalue weighted by Crippen LogP contribution is 2.11. The van der Waals surface area contributed by atoms with E-state index in [-0.39, 0.29) is 17.7 Å². The molecular formula is C14H31NO2. The first-order valence-electron chi connectivity index (χ1n) is 6.74. The third kappa shape index (κ3) is 9.57. The van der Waals surface area contributed by atoms with E-state index in [2.05, 4.69) is 46.9 Å². The van der Waals surface area contributed by atoms with Gasteiger partial charge in [-0.25, -0.2) is 0 Å². The molecule has 1 N–H and O–H groups in total. The fourth-order valence-electron chi connectivity index (χ4n) is 1.47. The van der Waals surface area contributed by atoms with Crippen LogP contribution in [0.15, 0.2) is 0 Å². The lowest BCUT2D eigenvalue weighted by molar-refractivity contribution is -0.0634. The van der Waals surface area contributed by atoms with Gasteiger partial charge in [-0.3, -0.25) is 0 Å². The predicted molar refractivity (Wildman–Crippen MR) is 73.4 cm³/mol. The quantitative estimate of drug-likeness (QED) is 0.713. The largest absolute Gasteiger partial charge is 0.379 e. The Morgan fingerprint density at radius 2 is 1.71 bits per heavy atom. The highest BCUT2D eigenvalue weighted by atomic mass is 16.5. The Bertz CT molecular complexity index is 187. The van der Waals surface area contributed by atoms with Crippen LogP contribution in [0.3, 0.4) is 0 Å². The van der Waals surface area contributed by atoms with Crippen molar-refractivity contribution in [2.45, 2.75) is 66.2 Å². The van der Waals surface area contributed by atoms with Gasteiger partial charge in [0.25, 0.3) is 0 Å². The minimum Gasteiger partial charge on any atom is -0.379 e. The SMILES string of the molecule is CCOCC(C)OC(CNC(C)(C)C)C(C)C. The van der Waals surface area contributed by atoms with E-state index in [1.54, 1.807) is 0 Å². The Morgan fingerprint density at radius 3 is 2.12 bits per heavy atom. The second-order valence-corrected chi connectivity index (χ2v) is 6.02. The third-order valence-corrected chi connectivity index (χ3v) is 2.54. The first-order valence-corrected chi connectivity index (χ1v) is 6.74. The van der Waals surface area contributed by atoms with Crippen LogP contribution in [0.2, 0.25) is 0 Å². The lowest BCUT2D eigenvalue weighted by Gasteiger charge is -2.29. The molecular weight excluding hydrogens is 214 g/mol. The normalized spacial score (nSPS) is 16.2. The number of rotatable bonds is 8. The molecule has 0 bridgehead atoms. The zero-order valence-electron chi connectivity index (χ0n) is 12.7. The zero-order valence-corrected chi connectivity index (χ0v) is 12.7. The van der Waals surface area contributed by atoms with Gasteiger partial charge in [0.1, 0.15) is 0 Å². The lowest BCUT2D eigenvalue weighted by Crippen LogP contribution is -2.44. The summed E-state index contributed by atoms with van der Waals surface area (Å²) in [6, 6.07) is 0. The van der Waals surface area contributed by atoms with E-state index in [1.165, 1.54) is 0 Å². The summed E-state index contributed by atoms with van der Waals surface area (Å²) < 4.78 is 11.4. The highest BCUT2D eigenvalue weighted by molar-refractivity contribution is 4.75. The van der Waals surface area contributed by atoms with Gasteiger partial charge >= 0.3 is 0 Å². The van der Waals surface area contributed by atoms with Crippen LogP contribution in [0, 0.1) is 5.92 Å². The molecule has 3 heteroatoms. The van der Waals surface area contributed by atoms with Gasteiger partial charge in [-0.2, -0.15) is 0 Å². The van der Waals surface area contributed by atoms with Crippen molar-refractivity contribution >= 4 is 0 Å². The molecule has 0 heterocycles. The average molecular weight is 245 g/mol. The molecule has 0 aliphatic rings. The molecule has 0 saturated carbocycles. The van der Waals surface area contributed by atoms with Gasteiger partial charge in [0.2, 0.25) is 0 Å². The van der Waals surface area contributed by atoms with Gasteiger partial charge in [-0.1, -0.05) is 13.8 Å². The molecule has 0 aromatic heterocycles. The Balaban J connectivity index is 4.06. The van der Waals surface area contributed by atoms with Crippen LogP contribution >= 0.6 is 0 Å². The summed E-state index contributed by atoms with van der Waals surface area (Å²) in [6.07, 6.45) is 0.397. The smallest absolute Gasteiger partial charge is 0.0784 e. The maximum atomic E-state index is 6.02. The fraction of sp³-hybridized carbons (Fsp3) is 1.00. The van der Waals surface area contributed by atoms with Crippen molar-refractivity contribution in [2.24, 2.45) is 5.92 Å².